The molecular weight excluding hydrogens is 256 g/mol. The molecule has 0 atom stereocenters. The lowest BCUT2D eigenvalue weighted by molar-refractivity contribution is -0.148. The van der Waals surface area contributed by atoms with E-state index in [1.807, 2.05) is 0 Å². The second kappa shape index (κ2) is 4.69. The molecule has 0 bridgehead atoms. The zero-order valence-corrected chi connectivity index (χ0v) is 10.3. The molecule has 0 saturated carbocycles. The molecule has 0 unspecified atom stereocenters. The first-order chi connectivity index (χ1) is 8.49. The van der Waals surface area contributed by atoms with Crippen LogP contribution in [-0.2, 0) is 14.4 Å². The highest BCUT2D eigenvalue weighted by Gasteiger charge is 2.21. The summed E-state index contributed by atoms with van der Waals surface area (Å²) < 4.78 is 0. The topological polar surface area (TPSA) is 86.7 Å². The molecule has 1 heterocycles. The van der Waals surface area contributed by atoms with E-state index in [4.69, 9.17) is 5.11 Å². The number of benzene rings is 1. The number of anilines is 2. The Balaban J connectivity index is 2.31. The normalized spacial score (nSPS) is 13.5. The molecule has 94 valence electrons. The molecule has 1 aliphatic heterocycles. The predicted octanol–water partition coefficient (Wildman–Crippen LogP) is 0.778. The molecule has 1 aromatic carbocycles. The number of likely N-dealkylation sites (N-methyl/N-ethyl adjacent to an activating group) is 1. The highest BCUT2D eigenvalue weighted by molar-refractivity contribution is 8.00. The smallest absolute Gasteiger partial charge is 0.394 e. The van der Waals surface area contributed by atoms with Crippen LogP contribution in [0.1, 0.15) is 0 Å². The first kappa shape index (κ1) is 12.4. The first-order valence-electron chi connectivity index (χ1n) is 5.06. The van der Waals surface area contributed by atoms with E-state index in [9.17, 15) is 14.4 Å². The number of carbonyl (C=O) groups is 3. The van der Waals surface area contributed by atoms with Gasteiger partial charge >= 0.3 is 11.9 Å². The number of aliphatic carboxylic acids is 1. The van der Waals surface area contributed by atoms with E-state index in [0.29, 0.717) is 17.1 Å². The van der Waals surface area contributed by atoms with Gasteiger partial charge in [0.1, 0.15) is 0 Å². The number of hydrogen-bond donors (Lipinski definition) is 2. The van der Waals surface area contributed by atoms with Crippen molar-refractivity contribution in [1.29, 1.82) is 0 Å². The van der Waals surface area contributed by atoms with Crippen LogP contribution in [0.5, 0.6) is 0 Å². The van der Waals surface area contributed by atoms with E-state index in [0.717, 1.165) is 9.80 Å². The molecule has 0 saturated heterocycles. The Hall–Kier alpha value is -2.02. The lowest BCUT2D eigenvalue weighted by atomic mass is 10.2. The van der Waals surface area contributed by atoms with Crippen molar-refractivity contribution >= 4 is 40.9 Å². The van der Waals surface area contributed by atoms with Crippen molar-refractivity contribution in [2.45, 2.75) is 4.90 Å². The third-order valence-electron chi connectivity index (χ3n) is 2.47. The van der Waals surface area contributed by atoms with Crippen molar-refractivity contribution < 1.29 is 19.5 Å². The van der Waals surface area contributed by atoms with Gasteiger partial charge in [-0.1, -0.05) is 0 Å². The SMILES string of the molecule is CN(C(=O)C(=O)O)c1ccc2c(c1)NC(=O)CS2. The van der Waals surface area contributed by atoms with Gasteiger partial charge in [0.05, 0.1) is 11.4 Å². The molecular formula is C11H10N2O4S. The fraction of sp³-hybridized carbons (Fsp3) is 0.182. The number of nitrogens with one attached hydrogen (secondary N) is 1. The second-order valence-corrected chi connectivity index (χ2v) is 4.70. The van der Waals surface area contributed by atoms with E-state index < -0.39 is 11.9 Å². The van der Waals surface area contributed by atoms with Crippen molar-refractivity contribution in [2.75, 3.05) is 23.0 Å². The van der Waals surface area contributed by atoms with E-state index >= 15 is 0 Å². The zero-order valence-electron chi connectivity index (χ0n) is 9.47. The average molecular weight is 266 g/mol. The molecule has 18 heavy (non-hydrogen) atoms. The highest BCUT2D eigenvalue weighted by atomic mass is 32.2. The molecule has 0 aliphatic carbocycles. The lowest BCUT2D eigenvalue weighted by Gasteiger charge is -2.20. The van der Waals surface area contributed by atoms with Crippen LogP contribution in [0.2, 0.25) is 0 Å². The minimum atomic E-state index is -1.52. The quantitative estimate of drug-likeness (QED) is 0.733. The fourth-order valence-electron chi connectivity index (χ4n) is 1.54. The van der Waals surface area contributed by atoms with Crippen molar-refractivity contribution in [2.24, 2.45) is 0 Å². The Morgan fingerprint density at radius 2 is 2.17 bits per heavy atom. The monoisotopic (exact) mass is 266 g/mol. The van der Waals surface area contributed by atoms with Crippen molar-refractivity contribution in [3.05, 3.63) is 18.2 Å². The van der Waals surface area contributed by atoms with E-state index in [2.05, 4.69) is 5.32 Å². The summed E-state index contributed by atoms with van der Waals surface area (Å²) in [6, 6.07) is 4.98. The van der Waals surface area contributed by atoms with E-state index in [1.165, 1.54) is 18.8 Å². The molecule has 0 fully saturated rings. The van der Waals surface area contributed by atoms with Gasteiger partial charge in [-0.05, 0) is 18.2 Å². The Labute approximate surface area is 107 Å². The van der Waals surface area contributed by atoms with Crippen LogP contribution in [0.25, 0.3) is 0 Å². The number of carbonyl (C=O) groups excluding carboxylic acids is 2. The van der Waals surface area contributed by atoms with Gasteiger partial charge in [0.25, 0.3) is 0 Å². The highest BCUT2D eigenvalue weighted by Crippen LogP contribution is 2.34. The van der Waals surface area contributed by atoms with Crippen LogP contribution in [-0.4, -0.2) is 35.7 Å². The minimum absolute atomic E-state index is 0.114. The summed E-state index contributed by atoms with van der Waals surface area (Å²) in [5, 5.41) is 11.3. The molecule has 1 aromatic rings. The van der Waals surface area contributed by atoms with Gasteiger partial charge in [0, 0.05) is 17.6 Å². The molecule has 2 rings (SSSR count). The summed E-state index contributed by atoms with van der Waals surface area (Å²) in [5.41, 5.74) is 1.02. The molecule has 6 nitrogen and oxygen atoms in total. The molecule has 0 radical (unpaired) electrons. The van der Waals surface area contributed by atoms with Crippen LogP contribution in [0, 0.1) is 0 Å². The van der Waals surface area contributed by atoms with Gasteiger partial charge in [-0.3, -0.25) is 9.59 Å². The number of carboxylic acids is 1. The zero-order chi connectivity index (χ0) is 13.3. The maximum absolute atomic E-state index is 11.3. The Morgan fingerprint density at radius 1 is 1.44 bits per heavy atom. The van der Waals surface area contributed by atoms with Gasteiger partial charge in [0.15, 0.2) is 0 Å². The Bertz CT molecular complexity index is 544. The molecule has 0 spiro atoms. The Kier molecular flexibility index (Phi) is 3.24. The summed E-state index contributed by atoms with van der Waals surface area (Å²) in [5.74, 6) is -2.30. The van der Waals surface area contributed by atoms with Crippen LogP contribution in [0.4, 0.5) is 11.4 Å². The average Bonchev–Trinajstić information content (AvgIpc) is 2.35. The predicted molar refractivity (Wildman–Crippen MR) is 66.8 cm³/mol. The molecule has 2 N–H and O–H groups in total. The van der Waals surface area contributed by atoms with Gasteiger partial charge in [-0.25, -0.2) is 4.79 Å². The largest absolute Gasteiger partial charge is 0.474 e. The number of hydrogen-bond acceptors (Lipinski definition) is 4. The van der Waals surface area contributed by atoms with Gasteiger partial charge < -0.3 is 15.3 Å². The summed E-state index contributed by atoms with van der Waals surface area (Å²) >= 11 is 1.40. The number of carboxylic acid groups (broad SMARTS) is 1. The van der Waals surface area contributed by atoms with Crippen LogP contribution < -0.4 is 10.2 Å². The number of thioether (sulfide) groups is 1. The molecule has 0 aromatic heterocycles. The third kappa shape index (κ3) is 2.30. The lowest BCUT2D eigenvalue weighted by Crippen LogP contribution is -2.33. The van der Waals surface area contributed by atoms with Gasteiger partial charge in [0.2, 0.25) is 5.91 Å². The standard InChI is InChI=1S/C11H10N2O4S/c1-13(10(15)11(16)17)6-2-3-8-7(4-6)12-9(14)5-18-8/h2-4H,5H2,1H3,(H,12,14)(H,16,17). The molecule has 2 amide bonds. The van der Waals surface area contributed by atoms with E-state index in [1.54, 1.807) is 18.2 Å². The summed E-state index contributed by atoms with van der Waals surface area (Å²) in [4.78, 5) is 35.1. The van der Waals surface area contributed by atoms with Crippen molar-refractivity contribution in [3.63, 3.8) is 0 Å². The third-order valence-corrected chi connectivity index (χ3v) is 3.54. The Morgan fingerprint density at radius 3 is 2.83 bits per heavy atom. The second-order valence-electron chi connectivity index (χ2n) is 3.69. The van der Waals surface area contributed by atoms with Crippen LogP contribution in [0.3, 0.4) is 0 Å². The molecule has 7 heteroatoms. The summed E-state index contributed by atoms with van der Waals surface area (Å²) in [6.07, 6.45) is 0. The number of fused-ring (bicyclic) bond motifs is 1. The van der Waals surface area contributed by atoms with Crippen molar-refractivity contribution in [3.8, 4) is 0 Å². The summed E-state index contributed by atoms with van der Waals surface area (Å²) in [6.45, 7) is 0. The summed E-state index contributed by atoms with van der Waals surface area (Å²) in [7, 11) is 1.37. The van der Waals surface area contributed by atoms with E-state index in [-0.39, 0.29) is 5.91 Å². The minimum Gasteiger partial charge on any atom is -0.474 e. The fourth-order valence-corrected chi connectivity index (χ4v) is 2.33. The number of nitrogens with zero attached hydrogens (tertiary/aromatic N) is 1. The maximum Gasteiger partial charge on any atom is 0.394 e. The first-order valence-corrected chi connectivity index (χ1v) is 6.05. The number of rotatable bonds is 1. The van der Waals surface area contributed by atoms with Crippen LogP contribution >= 0.6 is 11.8 Å². The van der Waals surface area contributed by atoms with Crippen LogP contribution in [0.15, 0.2) is 23.1 Å². The maximum atomic E-state index is 11.3. The number of amides is 2. The molecule has 1 aliphatic rings. The van der Waals surface area contributed by atoms with Gasteiger partial charge in [-0.2, -0.15) is 0 Å². The van der Waals surface area contributed by atoms with Crippen molar-refractivity contribution in [1.82, 2.24) is 0 Å². The van der Waals surface area contributed by atoms with Gasteiger partial charge in [-0.15, -0.1) is 11.8 Å².